The Bertz CT molecular complexity index is 619. The Morgan fingerprint density at radius 3 is 2.70 bits per heavy atom. The van der Waals surface area contributed by atoms with E-state index in [0.717, 1.165) is 5.56 Å². The first-order chi connectivity index (χ1) is 9.45. The number of thiophene rings is 1. The van der Waals surface area contributed by atoms with E-state index in [1.807, 2.05) is 31.2 Å². The highest BCUT2D eigenvalue weighted by molar-refractivity contribution is 7.12. The summed E-state index contributed by atoms with van der Waals surface area (Å²) in [5.41, 5.74) is 8.55. The average molecular weight is 288 g/mol. The second-order valence-electron chi connectivity index (χ2n) is 5.08. The minimum absolute atomic E-state index is 0.0198. The van der Waals surface area contributed by atoms with Crippen LogP contribution in [0.2, 0.25) is 0 Å². The van der Waals surface area contributed by atoms with Crippen LogP contribution < -0.4 is 11.1 Å². The Balaban J connectivity index is 1.99. The summed E-state index contributed by atoms with van der Waals surface area (Å²) >= 11 is 1.76. The van der Waals surface area contributed by atoms with Crippen LogP contribution in [0.5, 0.6) is 0 Å². The fourth-order valence-electron chi connectivity index (χ4n) is 2.34. The minimum atomic E-state index is 0.0198. The van der Waals surface area contributed by atoms with Crippen LogP contribution in [0.15, 0.2) is 30.3 Å². The molecule has 0 aliphatic heterocycles. The summed E-state index contributed by atoms with van der Waals surface area (Å²) in [4.78, 5) is 14.6. The lowest BCUT2D eigenvalue weighted by Gasteiger charge is -2.14. The molecule has 1 aromatic heterocycles. The van der Waals surface area contributed by atoms with Crippen molar-refractivity contribution < 1.29 is 4.79 Å². The average Bonchev–Trinajstić information content (AvgIpc) is 2.68. The summed E-state index contributed by atoms with van der Waals surface area (Å²) in [7, 11) is 0. The third kappa shape index (κ3) is 3.61. The number of benzene rings is 1. The fraction of sp³-hybridized carbons (Fsp3) is 0.312. The van der Waals surface area contributed by atoms with Crippen LogP contribution in [0.4, 0.5) is 5.69 Å². The summed E-state index contributed by atoms with van der Waals surface area (Å²) < 4.78 is 0. The predicted octanol–water partition coefficient (Wildman–Crippen LogP) is 3.37. The zero-order valence-corrected chi connectivity index (χ0v) is 12.9. The van der Waals surface area contributed by atoms with Crippen molar-refractivity contribution in [3.8, 4) is 0 Å². The van der Waals surface area contributed by atoms with Crippen molar-refractivity contribution >= 4 is 22.9 Å². The van der Waals surface area contributed by atoms with Gasteiger partial charge in [-0.15, -0.1) is 11.3 Å². The second kappa shape index (κ2) is 6.09. The van der Waals surface area contributed by atoms with Crippen molar-refractivity contribution in [3.63, 3.8) is 0 Å². The quantitative estimate of drug-likeness (QED) is 0.848. The number of carbonyl (C=O) groups excluding carboxylic acids is 1. The van der Waals surface area contributed by atoms with Gasteiger partial charge < -0.3 is 11.1 Å². The molecule has 1 amide bonds. The molecule has 2 aromatic rings. The number of hydrogen-bond donors (Lipinski definition) is 2. The Morgan fingerprint density at radius 1 is 1.35 bits per heavy atom. The zero-order chi connectivity index (χ0) is 14.7. The standard InChI is InChI=1S/C16H20N2OS/c1-10-7-15(12(3)20-10)11(2)18-16(19)9-13-5-4-6-14(17)8-13/h4-8,11H,9,17H2,1-3H3,(H,18,19). The van der Waals surface area contributed by atoms with E-state index < -0.39 is 0 Å². The molecule has 1 aromatic carbocycles. The molecule has 0 saturated carbocycles. The Morgan fingerprint density at radius 2 is 2.10 bits per heavy atom. The number of hydrogen-bond acceptors (Lipinski definition) is 3. The highest BCUT2D eigenvalue weighted by Crippen LogP contribution is 2.26. The maximum atomic E-state index is 12.1. The van der Waals surface area contributed by atoms with Crippen molar-refractivity contribution in [3.05, 3.63) is 51.2 Å². The summed E-state index contributed by atoms with van der Waals surface area (Å²) in [6.45, 7) is 6.20. The van der Waals surface area contributed by atoms with Crippen LogP contribution in [0.3, 0.4) is 0 Å². The molecule has 20 heavy (non-hydrogen) atoms. The highest BCUT2D eigenvalue weighted by atomic mass is 32.1. The number of carbonyl (C=O) groups is 1. The molecule has 0 aliphatic rings. The Labute approximate surface area is 123 Å². The minimum Gasteiger partial charge on any atom is -0.399 e. The first-order valence-corrected chi connectivity index (χ1v) is 7.48. The Hall–Kier alpha value is -1.81. The number of aryl methyl sites for hydroxylation is 2. The van der Waals surface area contributed by atoms with Gasteiger partial charge in [0.15, 0.2) is 0 Å². The number of nitrogen functional groups attached to an aromatic ring is 1. The van der Waals surface area contributed by atoms with Gasteiger partial charge in [-0.1, -0.05) is 12.1 Å². The zero-order valence-electron chi connectivity index (χ0n) is 12.1. The molecule has 0 aliphatic carbocycles. The molecule has 3 nitrogen and oxygen atoms in total. The molecule has 2 rings (SSSR count). The number of anilines is 1. The van der Waals surface area contributed by atoms with E-state index in [9.17, 15) is 4.79 Å². The fourth-order valence-corrected chi connectivity index (χ4v) is 3.36. The van der Waals surface area contributed by atoms with E-state index in [-0.39, 0.29) is 11.9 Å². The molecule has 0 saturated heterocycles. The van der Waals surface area contributed by atoms with Gasteiger partial charge in [0.2, 0.25) is 5.91 Å². The van der Waals surface area contributed by atoms with Crippen LogP contribution in [0.1, 0.15) is 33.8 Å². The lowest BCUT2D eigenvalue weighted by atomic mass is 10.1. The van der Waals surface area contributed by atoms with Gasteiger partial charge in [0, 0.05) is 15.4 Å². The molecule has 1 unspecified atom stereocenters. The summed E-state index contributed by atoms with van der Waals surface area (Å²) in [6, 6.07) is 9.62. The second-order valence-corrected chi connectivity index (χ2v) is 6.54. The van der Waals surface area contributed by atoms with Crippen LogP contribution in [-0.4, -0.2) is 5.91 Å². The van der Waals surface area contributed by atoms with E-state index >= 15 is 0 Å². The Kier molecular flexibility index (Phi) is 4.45. The lowest BCUT2D eigenvalue weighted by Crippen LogP contribution is -2.28. The summed E-state index contributed by atoms with van der Waals surface area (Å²) in [5.74, 6) is 0.0198. The molecule has 106 valence electrons. The van der Waals surface area contributed by atoms with Gasteiger partial charge in [-0.3, -0.25) is 4.79 Å². The maximum absolute atomic E-state index is 12.1. The van der Waals surface area contributed by atoms with E-state index in [0.29, 0.717) is 12.1 Å². The van der Waals surface area contributed by atoms with Gasteiger partial charge >= 0.3 is 0 Å². The van der Waals surface area contributed by atoms with Crippen molar-refractivity contribution in [2.45, 2.75) is 33.2 Å². The molecule has 3 N–H and O–H groups in total. The summed E-state index contributed by atoms with van der Waals surface area (Å²) in [5, 5.41) is 3.05. The lowest BCUT2D eigenvalue weighted by molar-refractivity contribution is -0.121. The van der Waals surface area contributed by atoms with Crippen LogP contribution in [0.25, 0.3) is 0 Å². The largest absolute Gasteiger partial charge is 0.399 e. The third-order valence-corrected chi connectivity index (χ3v) is 4.22. The van der Waals surface area contributed by atoms with Gasteiger partial charge in [0.05, 0.1) is 12.5 Å². The smallest absolute Gasteiger partial charge is 0.224 e. The molecule has 4 heteroatoms. The van der Waals surface area contributed by atoms with Crippen LogP contribution >= 0.6 is 11.3 Å². The molecular weight excluding hydrogens is 268 g/mol. The van der Waals surface area contributed by atoms with E-state index in [2.05, 4.69) is 25.2 Å². The highest BCUT2D eigenvalue weighted by Gasteiger charge is 2.14. The first kappa shape index (κ1) is 14.6. The summed E-state index contributed by atoms with van der Waals surface area (Å²) in [6.07, 6.45) is 0.359. The van der Waals surface area contributed by atoms with Crippen LogP contribution in [0, 0.1) is 13.8 Å². The molecule has 1 atom stereocenters. The van der Waals surface area contributed by atoms with Crippen molar-refractivity contribution in [1.82, 2.24) is 5.32 Å². The number of amides is 1. The van der Waals surface area contributed by atoms with Gasteiger partial charge in [-0.25, -0.2) is 0 Å². The number of nitrogens with one attached hydrogen (secondary N) is 1. The molecule has 0 spiro atoms. The molecule has 0 radical (unpaired) electrons. The molecule has 0 bridgehead atoms. The number of nitrogens with two attached hydrogens (primary N) is 1. The van der Waals surface area contributed by atoms with Crippen molar-refractivity contribution in [1.29, 1.82) is 0 Å². The van der Waals surface area contributed by atoms with E-state index in [1.54, 1.807) is 11.3 Å². The van der Waals surface area contributed by atoms with E-state index in [1.165, 1.54) is 15.3 Å². The topological polar surface area (TPSA) is 55.1 Å². The number of rotatable bonds is 4. The first-order valence-electron chi connectivity index (χ1n) is 6.66. The van der Waals surface area contributed by atoms with Gasteiger partial charge in [0.25, 0.3) is 0 Å². The normalized spacial score (nSPS) is 12.2. The van der Waals surface area contributed by atoms with Crippen LogP contribution in [-0.2, 0) is 11.2 Å². The monoisotopic (exact) mass is 288 g/mol. The van der Waals surface area contributed by atoms with E-state index in [4.69, 9.17) is 5.73 Å². The molecule has 1 heterocycles. The molecular formula is C16H20N2OS. The van der Waals surface area contributed by atoms with Gasteiger partial charge in [-0.2, -0.15) is 0 Å². The predicted molar refractivity (Wildman–Crippen MR) is 84.9 cm³/mol. The maximum Gasteiger partial charge on any atom is 0.224 e. The van der Waals surface area contributed by atoms with Crippen molar-refractivity contribution in [2.24, 2.45) is 0 Å². The van der Waals surface area contributed by atoms with Crippen molar-refractivity contribution in [2.75, 3.05) is 5.73 Å². The SMILES string of the molecule is Cc1cc(C(C)NC(=O)Cc2cccc(N)c2)c(C)s1. The molecule has 0 fully saturated rings. The third-order valence-electron chi connectivity index (χ3n) is 3.24. The van der Waals surface area contributed by atoms with Gasteiger partial charge in [0.1, 0.15) is 0 Å². The van der Waals surface area contributed by atoms with Gasteiger partial charge in [-0.05, 0) is 50.1 Å².